The molecule has 0 spiro atoms. The maximum absolute atomic E-state index is 14.1. The quantitative estimate of drug-likeness (QED) is 0.119. The lowest BCUT2D eigenvalue weighted by Crippen LogP contribution is -2.61. The largest absolute Gasteiger partial charge is 0.460 e. The molecule has 0 aliphatic heterocycles. The first-order valence-corrected chi connectivity index (χ1v) is 15.7. The van der Waals surface area contributed by atoms with Crippen LogP contribution in [-0.4, -0.2) is 57.0 Å². The van der Waals surface area contributed by atoms with Gasteiger partial charge in [0.15, 0.2) is 0 Å². The first-order valence-electron chi connectivity index (χ1n) is 15.7. The second-order valence-corrected chi connectivity index (χ2v) is 13.0. The number of alkyl halides is 18. The standard InChI is InChI=1S/C34H18F18N2O4/c35-27(36,29(39,40)31(43,44)33(47,48)49)11-15-1-5-17(6-2-15)13-53-23(55)19-9-21-22(10-20(19)24(53)56)26(58)54(25(21)57)14-18-7-3-16(4-8-18)12-28(37,38)30(41,42)32(45,46)34(50,51)52/h1-10H,11-14H2. The van der Waals surface area contributed by atoms with Crippen LogP contribution in [0.5, 0.6) is 0 Å². The number of aromatic nitrogens is 2. The minimum atomic E-state index is -7.10. The molecule has 0 amide bonds. The van der Waals surface area contributed by atoms with Crippen LogP contribution in [0.3, 0.4) is 0 Å². The zero-order valence-corrected chi connectivity index (χ0v) is 27.9. The molecular weight excluding hydrogens is 842 g/mol. The zero-order valence-electron chi connectivity index (χ0n) is 27.9. The smallest absolute Gasteiger partial charge is 0.270 e. The Bertz CT molecular complexity index is 2320. The van der Waals surface area contributed by atoms with Crippen molar-refractivity contribution in [2.45, 2.75) is 73.8 Å². The van der Waals surface area contributed by atoms with Crippen molar-refractivity contribution >= 4 is 21.5 Å². The number of benzene rings is 3. The van der Waals surface area contributed by atoms with E-state index >= 15 is 0 Å². The Morgan fingerprint density at radius 2 is 0.569 bits per heavy atom. The minimum Gasteiger partial charge on any atom is -0.270 e. The summed E-state index contributed by atoms with van der Waals surface area (Å²) in [5.41, 5.74) is -6.20. The van der Waals surface area contributed by atoms with Gasteiger partial charge in [-0.15, -0.1) is 0 Å². The van der Waals surface area contributed by atoms with Crippen LogP contribution in [0.15, 0.2) is 79.8 Å². The summed E-state index contributed by atoms with van der Waals surface area (Å²) in [6.45, 7) is -1.34. The van der Waals surface area contributed by atoms with Crippen LogP contribution < -0.4 is 22.2 Å². The van der Waals surface area contributed by atoms with Gasteiger partial charge < -0.3 is 0 Å². The molecular formula is C34H18F18N2O4. The Morgan fingerprint density at radius 3 is 0.793 bits per heavy atom. The fourth-order valence-electron chi connectivity index (χ4n) is 5.80. The molecule has 0 atom stereocenters. The van der Waals surface area contributed by atoms with Gasteiger partial charge in [0.25, 0.3) is 22.2 Å². The lowest BCUT2D eigenvalue weighted by Gasteiger charge is -2.33. The monoisotopic (exact) mass is 860 g/mol. The van der Waals surface area contributed by atoms with Crippen molar-refractivity contribution in [2.24, 2.45) is 0 Å². The average Bonchev–Trinajstić information content (AvgIpc) is 3.46. The number of hydrogen-bond acceptors (Lipinski definition) is 4. The van der Waals surface area contributed by atoms with Crippen molar-refractivity contribution < 1.29 is 79.0 Å². The highest BCUT2D eigenvalue weighted by atomic mass is 19.4. The number of hydrogen-bond donors (Lipinski definition) is 0. The first kappa shape index (κ1) is 43.8. The van der Waals surface area contributed by atoms with Gasteiger partial charge in [-0.3, -0.25) is 28.3 Å². The van der Waals surface area contributed by atoms with Gasteiger partial charge in [0.05, 0.1) is 34.6 Å². The Morgan fingerprint density at radius 1 is 0.345 bits per heavy atom. The highest BCUT2D eigenvalue weighted by molar-refractivity contribution is 5.97. The predicted molar refractivity (Wildman–Crippen MR) is 165 cm³/mol. The van der Waals surface area contributed by atoms with Crippen LogP contribution in [0, 0.1) is 0 Å². The lowest BCUT2D eigenvalue weighted by molar-refractivity contribution is -0.395. The molecule has 2 aromatic heterocycles. The van der Waals surface area contributed by atoms with E-state index in [0.29, 0.717) is 33.4 Å². The van der Waals surface area contributed by atoms with Crippen LogP contribution >= 0.6 is 0 Å². The molecule has 0 N–H and O–H groups in total. The Labute approximate surface area is 308 Å². The summed E-state index contributed by atoms with van der Waals surface area (Å²) >= 11 is 0. The summed E-state index contributed by atoms with van der Waals surface area (Å²) in [5, 5.41) is -1.74. The van der Waals surface area contributed by atoms with E-state index in [1.807, 2.05) is 0 Å². The van der Waals surface area contributed by atoms with Crippen molar-refractivity contribution in [1.29, 1.82) is 0 Å². The van der Waals surface area contributed by atoms with Crippen molar-refractivity contribution in [1.82, 2.24) is 9.13 Å². The Kier molecular flexibility index (Phi) is 10.3. The molecule has 0 unspecified atom stereocenters. The summed E-state index contributed by atoms with van der Waals surface area (Å²) in [4.78, 5) is 52.6. The fraction of sp³-hybridized carbons (Fsp3) is 0.353. The third-order valence-corrected chi connectivity index (χ3v) is 9.06. The predicted octanol–water partition coefficient (Wildman–Crippen LogP) is 8.03. The molecule has 24 heteroatoms. The summed E-state index contributed by atoms with van der Waals surface area (Å²) < 4.78 is 239. The maximum atomic E-state index is 14.1. The zero-order chi connectivity index (χ0) is 44.0. The van der Waals surface area contributed by atoms with Gasteiger partial charge in [-0.1, -0.05) is 48.5 Å². The van der Waals surface area contributed by atoms with Crippen LogP contribution in [0.25, 0.3) is 21.5 Å². The summed E-state index contributed by atoms with van der Waals surface area (Å²) in [6, 6.07) is 7.68. The first-order chi connectivity index (χ1) is 26.2. The van der Waals surface area contributed by atoms with Crippen LogP contribution in [-0.2, 0) is 25.9 Å². The highest BCUT2D eigenvalue weighted by Gasteiger charge is 2.82. The molecule has 0 aliphatic carbocycles. The lowest BCUT2D eigenvalue weighted by atomic mass is 9.96. The number of rotatable bonds is 12. The van der Waals surface area contributed by atoms with Gasteiger partial charge in [-0.25, -0.2) is 0 Å². The number of halogens is 18. The molecule has 0 fully saturated rings. The number of fused-ring (bicyclic) bond motifs is 2. The molecule has 5 aromatic rings. The third-order valence-electron chi connectivity index (χ3n) is 9.06. The minimum absolute atomic E-state index is 0.0810. The normalized spacial score (nSPS) is 14.2. The average molecular weight is 860 g/mol. The van der Waals surface area contributed by atoms with Gasteiger partial charge >= 0.3 is 47.9 Å². The van der Waals surface area contributed by atoms with Gasteiger partial charge in [-0.2, -0.15) is 79.0 Å². The second-order valence-electron chi connectivity index (χ2n) is 13.0. The van der Waals surface area contributed by atoms with Crippen molar-refractivity contribution in [3.05, 3.63) is 124 Å². The van der Waals surface area contributed by atoms with E-state index in [0.717, 1.165) is 36.4 Å². The molecule has 5 rings (SSSR count). The Hall–Kier alpha value is -5.32. The molecule has 58 heavy (non-hydrogen) atoms. The topological polar surface area (TPSA) is 78.1 Å². The molecule has 0 radical (unpaired) electrons. The van der Waals surface area contributed by atoms with E-state index in [9.17, 15) is 98.2 Å². The van der Waals surface area contributed by atoms with E-state index in [2.05, 4.69) is 0 Å². The van der Waals surface area contributed by atoms with E-state index in [-0.39, 0.29) is 11.1 Å². The van der Waals surface area contributed by atoms with Crippen LogP contribution in [0.1, 0.15) is 22.3 Å². The van der Waals surface area contributed by atoms with E-state index < -0.39 is 129 Å². The third kappa shape index (κ3) is 6.90. The van der Waals surface area contributed by atoms with Gasteiger partial charge in [0.1, 0.15) is 0 Å². The molecule has 3 aromatic carbocycles. The summed E-state index contributed by atoms with van der Waals surface area (Å²) in [5.74, 6) is -39.8. The van der Waals surface area contributed by atoms with Crippen LogP contribution in [0.4, 0.5) is 79.0 Å². The van der Waals surface area contributed by atoms with Crippen molar-refractivity contribution in [3.63, 3.8) is 0 Å². The molecule has 2 heterocycles. The maximum Gasteiger partial charge on any atom is 0.460 e. The molecule has 6 nitrogen and oxygen atoms in total. The Balaban J connectivity index is 1.37. The number of nitrogens with zero attached hydrogens (tertiary/aromatic N) is 2. The van der Waals surface area contributed by atoms with Gasteiger partial charge in [-0.05, 0) is 34.4 Å². The SMILES string of the molecule is O=c1c2cc3c(=O)n(Cc4ccc(CC(F)(F)C(F)(F)C(F)(F)C(F)(F)F)cc4)c(=O)c3cc2c(=O)n1Cc1ccc(CC(F)(F)C(F)(F)C(F)(F)C(F)(F)F)cc1. The second kappa shape index (κ2) is 13.6. The fourth-order valence-corrected chi connectivity index (χ4v) is 5.80. The van der Waals surface area contributed by atoms with E-state index in [4.69, 9.17) is 0 Å². The summed E-state index contributed by atoms with van der Waals surface area (Å²) in [7, 11) is 0. The van der Waals surface area contributed by atoms with E-state index in [1.54, 1.807) is 0 Å². The molecule has 314 valence electrons. The molecule has 0 saturated heterocycles. The highest BCUT2D eigenvalue weighted by Crippen LogP contribution is 2.55. The van der Waals surface area contributed by atoms with Gasteiger partial charge in [0, 0.05) is 12.8 Å². The summed E-state index contributed by atoms with van der Waals surface area (Å²) in [6.07, 6.45) is -18.6. The molecule has 0 aliphatic rings. The van der Waals surface area contributed by atoms with E-state index in [1.165, 1.54) is 0 Å². The van der Waals surface area contributed by atoms with Crippen LogP contribution in [0.2, 0.25) is 0 Å². The van der Waals surface area contributed by atoms with Crippen molar-refractivity contribution in [3.8, 4) is 0 Å². The molecule has 0 saturated carbocycles. The van der Waals surface area contributed by atoms with Crippen molar-refractivity contribution in [2.75, 3.05) is 0 Å². The molecule has 0 bridgehead atoms. The van der Waals surface area contributed by atoms with Gasteiger partial charge in [0.2, 0.25) is 0 Å².